The maximum absolute atomic E-state index is 13.4. The molecule has 1 aromatic heterocycles. The number of hydrogen-bond donors (Lipinski definition) is 0. The number of carbonyl (C=O) groups excluding carboxylic acids is 1. The third-order valence-electron chi connectivity index (χ3n) is 6.32. The summed E-state index contributed by atoms with van der Waals surface area (Å²) in [4.78, 5) is 13.2. The maximum Gasteiger partial charge on any atom is 0.359 e. The van der Waals surface area contributed by atoms with Crippen LogP contribution in [0.1, 0.15) is 40.2 Å². The molecule has 0 bridgehead atoms. The lowest BCUT2D eigenvalue weighted by atomic mass is 9.95. The Hall–Kier alpha value is -3.08. The van der Waals surface area contributed by atoms with Gasteiger partial charge in [0.1, 0.15) is 12.4 Å². The summed E-state index contributed by atoms with van der Waals surface area (Å²) in [7, 11) is -3.65. The van der Waals surface area contributed by atoms with Gasteiger partial charge in [-0.1, -0.05) is 12.1 Å². The molecule has 10 heteroatoms. The van der Waals surface area contributed by atoms with E-state index in [9.17, 15) is 17.6 Å². The molecule has 1 saturated heterocycles. The molecule has 0 unspecified atom stereocenters. The molecule has 184 valence electrons. The Morgan fingerprint density at radius 3 is 2.57 bits per heavy atom. The van der Waals surface area contributed by atoms with Gasteiger partial charge < -0.3 is 9.47 Å². The molecule has 35 heavy (non-hydrogen) atoms. The summed E-state index contributed by atoms with van der Waals surface area (Å²) in [5.74, 6) is -0.905. The number of halogens is 1. The van der Waals surface area contributed by atoms with E-state index in [0.717, 1.165) is 30.5 Å². The van der Waals surface area contributed by atoms with Crippen molar-refractivity contribution < 1.29 is 27.1 Å². The SMILES string of the molecule is O=C(OCc1cccc(S(=O)(=O)N2CCOCC2)c1)c1nn(-c2ccc(F)cc2)c2c1CCCC2. The number of rotatable bonds is 6. The van der Waals surface area contributed by atoms with Crippen molar-refractivity contribution in [1.82, 2.24) is 14.1 Å². The summed E-state index contributed by atoms with van der Waals surface area (Å²) < 4.78 is 53.2. The second-order valence-corrected chi connectivity index (χ2v) is 10.5. The molecule has 0 atom stereocenters. The average Bonchev–Trinajstić information content (AvgIpc) is 3.28. The molecule has 2 aliphatic rings. The first-order valence-corrected chi connectivity index (χ1v) is 13.1. The molecule has 2 aromatic carbocycles. The van der Waals surface area contributed by atoms with Crippen LogP contribution in [0.2, 0.25) is 0 Å². The molecule has 2 heterocycles. The van der Waals surface area contributed by atoms with Crippen molar-refractivity contribution in [2.45, 2.75) is 37.2 Å². The normalized spacial score (nSPS) is 16.6. The van der Waals surface area contributed by atoms with E-state index >= 15 is 0 Å². The fourth-order valence-corrected chi connectivity index (χ4v) is 5.99. The first-order chi connectivity index (χ1) is 16.9. The third kappa shape index (κ3) is 4.86. The predicted octanol–water partition coefficient (Wildman–Crippen LogP) is 3.27. The second kappa shape index (κ2) is 9.88. The summed E-state index contributed by atoms with van der Waals surface area (Å²) in [5.41, 5.74) is 3.30. The average molecular weight is 500 g/mol. The van der Waals surface area contributed by atoms with Crippen molar-refractivity contribution in [2.75, 3.05) is 26.3 Å². The van der Waals surface area contributed by atoms with Crippen molar-refractivity contribution in [3.63, 3.8) is 0 Å². The largest absolute Gasteiger partial charge is 0.456 e. The van der Waals surface area contributed by atoms with Gasteiger partial charge in [-0.15, -0.1) is 0 Å². The number of fused-ring (bicyclic) bond motifs is 1. The van der Waals surface area contributed by atoms with E-state index in [0.29, 0.717) is 44.0 Å². The second-order valence-electron chi connectivity index (χ2n) is 8.61. The number of benzene rings is 2. The minimum absolute atomic E-state index is 0.0799. The zero-order valence-corrected chi connectivity index (χ0v) is 20.0. The highest BCUT2D eigenvalue weighted by Gasteiger charge is 2.28. The van der Waals surface area contributed by atoms with Gasteiger partial charge in [0.25, 0.3) is 0 Å². The Bertz CT molecular complexity index is 1330. The molecule has 1 fully saturated rings. The minimum atomic E-state index is -3.65. The van der Waals surface area contributed by atoms with Crippen LogP contribution in [0, 0.1) is 5.82 Å². The van der Waals surface area contributed by atoms with Crippen LogP contribution < -0.4 is 0 Å². The molecule has 1 aliphatic carbocycles. The van der Waals surface area contributed by atoms with Gasteiger partial charge in [-0.25, -0.2) is 22.3 Å². The quantitative estimate of drug-likeness (QED) is 0.484. The molecule has 0 N–H and O–H groups in total. The third-order valence-corrected chi connectivity index (χ3v) is 8.22. The smallest absolute Gasteiger partial charge is 0.359 e. The van der Waals surface area contributed by atoms with Gasteiger partial charge in [-0.2, -0.15) is 9.40 Å². The van der Waals surface area contributed by atoms with Gasteiger partial charge in [0.05, 0.1) is 23.8 Å². The van der Waals surface area contributed by atoms with Crippen molar-refractivity contribution in [3.8, 4) is 5.69 Å². The van der Waals surface area contributed by atoms with Crippen molar-refractivity contribution >= 4 is 16.0 Å². The predicted molar refractivity (Wildman–Crippen MR) is 125 cm³/mol. The van der Waals surface area contributed by atoms with Gasteiger partial charge in [0.2, 0.25) is 10.0 Å². The van der Waals surface area contributed by atoms with Gasteiger partial charge in [-0.3, -0.25) is 0 Å². The summed E-state index contributed by atoms with van der Waals surface area (Å²) >= 11 is 0. The number of ether oxygens (including phenoxy) is 2. The lowest BCUT2D eigenvalue weighted by molar-refractivity contribution is 0.0463. The Morgan fingerprint density at radius 2 is 1.80 bits per heavy atom. The van der Waals surface area contributed by atoms with E-state index in [4.69, 9.17) is 9.47 Å². The van der Waals surface area contributed by atoms with Crippen LogP contribution in [0.4, 0.5) is 4.39 Å². The summed E-state index contributed by atoms with van der Waals surface area (Å²) in [6.07, 6.45) is 3.42. The number of carbonyl (C=O) groups is 1. The Morgan fingerprint density at radius 1 is 1.06 bits per heavy atom. The highest BCUT2D eigenvalue weighted by molar-refractivity contribution is 7.89. The number of sulfonamides is 1. The molecule has 1 aliphatic heterocycles. The molecule has 0 spiro atoms. The lowest BCUT2D eigenvalue weighted by Crippen LogP contribution is -2.40. The van der Waals surface area contributed by atoms with Crippen LogP contribution in [-0.4, -0.2) is 54.8 Å². The molecular formula is C25H26FN3O5S. The monoisotopic (exact) mass is 499 g/mol. The van der Waals surface area contributed by atoms with Crippen LogP contribution in [0.3, 0.4) is 0 Å². The van der Waals surface area contributed by atoms with E-state index in [1.807, 2.05) is 0 Å². The first-order valence-electron chi connectivity index (χ1n) is 11.6. The molecule has 0 radical (unpaired) electrons. The Kier molecular flexibility index (Phi) is 6.68. The Labute approximate surface area is 203 Å². The topological polar surface area (TPSA) is 90.7 Å². The van der Waals surface area contributed by atoms with Crippen LogP contribution in [0.25, 0.3) is 5.69 Å². The maximum atomic E-state index is 13.4. The summed E-state index contributed by atoms with van der Waals surface area (Å²) in [5, 5.41) is 4.53. The van der Waals surface area contributed by atoms with E-state index in [1.165, 1.54) is 28.6 Å². The van der Waals surface area contributed by atoms with Gasteiger partial charge in [0, 0.05) is 24.3 Å². The number of morpholine rings is 1. The number of aromatic nitrogens is 2. The summed E-state index contributed by atoms with van der Waals surface area (Å²) in [6, 6.07) is 12.4. The minimum Gasteiger partial charge on any atom is -0.456 e. The van der Waals surface area contributed by atoms with Gasteiger partial charge in [-0.05, 0) is 67.6 Å². The van der Waals surface area contributed by atoms with Crippen LogP contribution in [0.5, 0.6) is 0 Å². The molecule has 3 aromatic rings. The molecular weight excluding hydrogens is 473 g/mol. The standard InChI is InChI=1S/C25H26FN3O5S/c26-19-8-10-20(11-9-19)29-23-7-2-1-6-22(23)24(27-29)25(30)34-17-18-4-3-5-21(16-18)35(31,32)28-12-14-33-15-13-28/h3-5,8-11,16H,1-2,6-7,12-15,17H2. The molecule has 5 rings (SSSR count). The zero-order chi connectivity index (χ0) is 24.4. The van der Waals surface area contributed by atoms with Crippen LogP contribution in [-0.2, 0) is 38.9 Å². The van der Waals surface area contributed by atoms with Crippen molar-refractivity contribution in [2.24, 2.45) is 0 Å². The van der Waals surface area contributed by atoms with E-state index < -0.39 is 16.0 Å². The van der Waals surface area contributed by atoms with E-state index in [1.54, 1.807) is 28.9 Å². The fourth-order valence-electron chi connectivity index (χ4n) is 4.51. The highest BCUT2D eigenvalue weighted by Crippen LogP contribution is 2.28. The highest BCUT2D eigenvalue weighted by atomic mass is 32.2. The van der Waals surface area contributed by atoms with E-state index in [-0.39, 0.29) is 23.0 Å². The number of nitrogens with zero attached hydrogens (tertiary/aromatic N) is 3. The van der Waals surface area contributed by atoms with Crippen molar-refractivity contribution in [3.05, 3.63) is 76.9 Å². The molecule has 0 amide bonds. The Balaban J connectivity index is 1.35. The zero-order valence-electron chi connectivity index (χ0n) is 19.2. The van der Waals surface area contributed by atoms with Crippen LogP contribution >= 0.6 is 0 Å². The fraction of sp³-hybridized carbons (Fsp3) is 0.360. The number of esters is 1. The van der Waals surface area contributed by atoms with Gasteiger partial charge in [0.15, 0.2) is 5.69 Å². The molecule has 8 nitrogen and oxygen atoms in total. The van der Waals surface area contributed by atoms with Crippen molar-refractivity contribution in [1.29, 1.82) is 0 Å². The first kappa shape index (κ1) is 23.7. The van der Waals surface area contributed by atoms with Gasteiger partial charge >= 0.3 is 5.97 Å². The van der Waals surface area contributed by atoms with Crippen LogP contribution in [0.15, 0.2) is 53.4 Å². The number of hydrogen-bond acceptors (Lipinski definition) is 6. The lowest BCUT2D eigenvalue weighted by Gasteiger charge is -2.26. The van der Waals surface area contributed by atoms with E-state index in [2.05, 4.69) is 5.10 Å². The molecule has 0 saturated carbocycles. The summed E-state index contributed by atoms with van der Waals surface area (Å²) in [6.45, 7) is 1.27.